The number of anilines is 1. The summed E-state index contributed by atoms with van der Waals surface area (Å²) in [6.07, 6.45) is 0. The SMILES string of the molecule is Cc1cccc(NC(=O)NCCOc2ccc(C)c(C)c2)c1. The summed E-state index contributed by atoms with van der Waals surface area (Å²) in [7, 11) is 0. The molecule has 2 amide bonds. The van der Waals surface area contributed by atoms with Crippen molar-refractivity contribution in [1.82, 2.24) is 5.32 Å². The molecule has 0 aliphatic heterocycles. The molecule has 2 aromatic carbocycles. The molecule has 22 heavy (non-hydrogen) atoms. The lowest BCUT2D eigenvalue weighted by molar-refractivity contribution is 0.247. The van der Waals surface area contributed by atoms with Crippen molar-refractivity contribution >= 4 is 11.7 Å². The van der Waals surface area contributed by atoms with Gasteiger partial charge in [0.2, 0.25) is 0 Å². The minimum absolute atomic E-state index is 0.228. The maximum atomic E-state index is 11.8. The Morgan fingerprint density at radius 2 is 1.86 bits per heavy atom. The highest BCUT2D eigenvalue weighted by Crippen LogP contribution is 2.16. The fourth-order valence-corrected chi connectivity index (χ4v) is 2.04. The fourth-order valence-electron chi connectivity index (χ4n) is 2.04. The van der Waals surface area contributed by atoms with Crippen LogP contribution in [-0.4, -0.2) is 19.2 Å². The van der Waals surface area contributed by atoms with Crippen LogP contribution < -0.4 is 15.4 Å². The average Bonchev–Trinajstić information content (AvgIpc) is 2.47. The van der Waals surface area contributed by atoms with Gasteiger partial charge < -0.3 is 15.4 Å². The highest BCUT2D eigenvalue weighted by Gasteiger charge is 2.02. The van der Waals surface area contributed by atoms with Gasteiger partial charge in [0.25, 0.3) is 0 Å². The lowest BCUT2D eigenvalue weighted by Gasteiger charge is -2.10. The molecule has 0 fully saturated rings. The van der Waals surface area contributed by atoms with Gasteiger partial charge in [0, 0.05) is 5.69 Å². The van der Waals surface area contributed by atoms with E-state index in [1.165, 1.54) is 11.1 Å². The Balaban J connectivity index is 1.72. The molecule has 4 nitrogen and oxygen atoms in total. The molecule has 0 heterocycles. The first kappa shape index (κ1) is 15.9. The van der Waals surface area contributed by atoms with E-state index in [-0.39, 0.29) is 6.03 Å². The quantitative estimate of drug-likeness (QED) is 0.825. The molecular formula is C18H22N2O2. The van der Waals surface area contributed by atoms with Gasteiger partial charge in [-0.25, -0.2) is 4.79 Å². The molecule has 0 aliphatic rings. The van der Waals surface area contributed by atoms with Crippen molar-refractivity contribution in [1.29, 1.82) is 0 Å². The van der Waals surface area contributed by atoms with Gasteiger partial charge in [0.15, 0.2) is 0 Å². The molecular weight excluding hydrogens is 276 g/mol. The van der Waals surface area contributed by atoms with Crippen LogP contribution in [0.5, 0.6) is 5.75 Å². The Kier molecular flexibility index (Phi) is 5.42. The van der Waals surface area contributed by atoms with Crippen LogP contribution >= 0.6 is 0 Å². The Hall–Kier alpha value is -2.49. The van der Waals surface area contributed by atoms with E-state index in [1.807, 2.05) is 49.4 Å². The molecule has 4 heteroatoms. The molecule has 0 bridgehead atoms. The summed E-state index contributed by atoms with van der Waals surface area (Å²) in [5, 5.41) is 5.56. The predicted molar refractivity (Wildman–Crippen MR) is 89.6 cm³/mol. The minimum Gasteiger partial charge on any atom is -0.492 e. The average molecular weight is 298 g/mol. The van der Waals surface area contributed by atoms with Crippen LogP contribution in [0.25, 0.3) is 0 Å². The van der Waals surface area contributed by atoms with Gasteiger partial charge in [-0.2, -0.15) is 0 Å². The maximum Gasteiger partial charge on any atom is 0.319 e. The standard InChI is InChI=1S/C18H22N2O2/c1-13-5-4-6-16(11-13)20-18(21)19-9-10-22-17-8-7-14(2)15(3)12-17/h4-8,11-12H,9-10H2,1-3H3,(H2,19,20,21). The van der Waals surface area contributed by atoms with Gasteiger partial charge in [0.1, 0.15) is 12.4 Å². The molecule has 0 unspecified atom stereocenters. The smallest absolute Gasteiger partial charge is 0.319 e. The summed E-state index contributed by atoms with van der Waals surface area (Å²) in [5.41, 5.74) is 4.33. The first-order chi connectivity index (χ1) is 10.5. The first-order valence-electron chi connectivity index (χ1n) is 7.36. The van der Waals surface area contributed by atoms with Crippen LogP contribution in [0.15, 0.2) is 42.5 Å². The van der Waals surface area contributed by atoms with Crippen molar-refractivity contribution in [2.45, 2.75) is 20.8 Å². The molecule has 2 N–H and O–H groups in total. The molecule has 2 rings (SSSR count). The highest BCUT2D eigenvalue weighted by atomic mass is 16.5. The van der Waals surface area contributed by atoms with E-state index in [9.17, 15) is 4.79 Å². The summed E-state index contributed by atoms with van der Waals surface area (Å²) in [6.45, 7) is 6.99. The van der Waals surface area contributed by atoms with Gasteiger partial charge >= 0.3 is 6.03 Å². The van der Waals surface area contributed by atoms with E-state index in [0.29, 0.717) is 13.2 Å². The summed E-state index contributed by atoms with van der Waals surface area (Å²) in [5.74, 6) is 0.823. The highest BCUT2D eigenvalue weighted by molar-refractivity contribution is 5.89. The number of ether oxygens (including phenoxy) is 1. The number of hydrogen-bond acceptors (Lipinski definition) is 2. The van der Waals surface area contributed by atoms with E-state index in [1.54, 1.807) is 0 Å². The van der Waals surface area contributed by atoms with E-state index in [4.69, 9.17) is 4.74 Å². The number of urea groups is 1. The minimum atomic E-state index is -0.228. The van der Waals surface area contributed by atoms with Crippen LogP contribution in [0.3, 0.4) is 0 Å². The monoisotopic (exact) mass is 298 g/mol. The first-order valence-corrected chi connectivity index (χ1v) is 7.36. The molecule has 0 atom stereocenters. The van der Waals surface area contributed by atoms with Crippen molar-refractivity contribution in [2.75, 3.05) is 18.5 Å². The van der Waals surface area contributed by atoms with Crippen molar-refractivity contribution in [2.24, 2.45) is 0 Å². The third-order valence-corrected chi connectivity index (χ3v) is 3.41. The topological polar surface area (TPSA) is 50.4 Å². The molecule has 116 valence electrons. The lowest BCUT2D eigenvalue weighted by Crippen LogP contribution is -2.32. The molecule has 0 aromatic heterocycles. The van der Waals surface area contributed by atoms with Crippen LogP contribution in [0.1, 0.15) is 16.7 Å². The number of carbonyl (C=O) groups is 1. The predicted octanol–water partition coefficient (Wildman–Crippen LogP) is 3.81. The number of amides is 2. The molecule has 0 spiro atoms. The Labute approximate surface area is 131 Å². The van der Waals surface area contributed by atoms with Gasteiger partial charge in [-0.15, -0.1) is 0 Å². The van der Waals surface area contributed by atoms with Crippen LogP contribution in [-0.2, 0) is 0 Å². The van der Waals surface area contributed by atoms with Crippen molar-refractivity contribution in [3.8, 4) is 5.75 Å². The largest absolute Gasteiger partial charge is 0.492 e. The molecule has 0 saturated heterocycles. The van der Waals surface area contributed by atoms with E-state index in [2.05, 4.69) is 24.5 Å². The second-order valence-electron chi connectivity index (χ2n) is 5.34. The summed E-state index contributed by atoms with van der Waals surface area (Å²) in [6, 6.07) is 13.4. The van der Waals surface area contributed by atoms with Gasteiger partial charge in [0.05, 0.1) is 6.54 Å². The summed E-state index contributed by atoms with van der Waals surface area (Å²) in [4.78, 5) is 11.8. The van der Waals surface area contributed by atoms with Crippen molar-refractivity contribution < 1.29 is 9.53 Å². The van der Waals surface area contributed by atoms with Crippen molar-refractivity contribution in [3.63, 3.8) is 0 Å². The van der Waals surface area contributed by atoms with Crippen LogP contribution in [0.2, 0.25) is 0 Å². The van der Waals surface area contributed by atoms with Gasteiger partial charge in [-0.1, -0.05) is 18.2 Å². The zero-order valence-electron chi connectivity index (χ0n) is 13.3. The number of rotatable bonds is 5. The number of nitrogens with one attached hydrogen (secondary N) is 2. The maximum absolute atomic E-state index is 11.8. The normalized spacial score (nSPS) is 10.1. The van der Waals surface area contributed by atoms with Crippen molar-refractivity contribution in [3.05, 3.63) is 59.2 Å². The number of hydrogen-bond donors (Lipinski definition) is 2. The lowest BCUT2D eigenvalue weighted by atomic mass is 10.1. The van der Waals surface area contributed by atoms with Crippen LogP contribution in [0, 0.1) is 20.8 Å². The molecule has 0 saturated carbocycles. The third kappa shape index (κ3) is 4.81. The van der Waals surface area contributed by atoms with E-state index >= 15 is 0 Å². The van der Waals surface area contributed by atoms with Gasteiger partial charge in [-0.05, 0) is 61.7 Å². The van der Waals surface area contributed by atoms with E-state index in [0.717, 1.165) is 17.0 Å². The summed E-state index contributed by atoms with van der Waals surface area (Å²) >= 11 is 0. The number of benzene rings is 2. The Bertz CT molecular complexity index is 653. The second kappa shape index (κ2) is 7.50. The Morgan fingerprint density at radius 1 is 1.05 bits per heavy atom. The number of aryl methyl sites for hydroxylation is 3. The van der Waals surface area contributed by atoms with Gasteiger partial charge in [-0.3, -0.25) is 0 Å². The van der Waals surface area contributed by atoms with E-state index < -0.39 is 0 Å². The zero-order valence-corrected chi connectivity index (χ0v) is 13.3. The number of carbonyl (C=O) groups excluding carboxylic acids is 1. The third-order valence-electron chi connectivity index (χ3n) is 3.41. The molecule has 0 aliphatic carbocycles. The Morgan fingerprint density at radius 3 is 2.59 bits per heavy atom. The summed E-state index contributed by atoms with van der Waals surface area (Å²) < 4.78 is 5.62. The second-order valence-corrected chi connectivity index (χ2v) is 5.34. The zero-order chi connectivity index (χ0) is 15.9. The molecule has 2 aromatic rings. The van der Waals surface area contributed by atoms with Crippen LogP contribution in [0.4, 0.5) is 10.5 Å². The molecule has 0 radical (unpaired) electrons. The fraction of sp³-hybridized carbons (Fsp3) is 0.278.